The second-order valence-electron chi connectivity index (χ2n) is 5.68. The lowest BCUT2D eigenvalue weighted by Gasteiger charge is -1.99. The molecule has 0 fully saturated rings. The number of nitrogens with one attached hydrogen (secondary N) is 1. The average Bonchev–Trinajstić information content (AvgIpc) is 3.14. The first kappa shape index (κ1) is 16.0. The number of amides is 1. The van der Waals surface area contributed by atoms with E-state index in [2.05, 4.69) is 32.2 Å². The van der Waals surface area contributed by atoms with Crippen molar-refractivity contribution in [2.75, 3.05) is 6.54 Å². The van der Waals surface area contributed by atoms with Crippen molar-refractivity contribution < 1.29 is 9.32 Å². The third kappa shape index (κ3) is 3.71. The van der Waals surface area contributed by atoms with E-state index in [4.69, 9.17) is 4.52 Å². The number of nitrogens with zero attached hydrogens (tertiary/aromatic N) is 3. The normalized spacial score (nSPS) is 11.4. The van der Waals surface area contributed by atoms with Crippen molar-refractivity contribution in [3.05, 3.63) is 53.8 Å². The molecule has 6 nitrogen and oxygen atoms in total. The Bertz CT molecular complexity index is 876. The van der Waals surface area contributed by atoms with Gasteiger partial charge in [0.25, 0.3) is 0 Å². The van der Waals surface area contributed by atoms with E-state index >= 15 is 0 Å². The SMILES string of the molecule is Cc1noc(CCCNC(=O)C=Cc2cn(C)c3ccccc23)n1. The van der Waals surface area contributed by atoms with Crippen LogP contribution in [0.3, 0.4) is 0 Å². The van der Waals surface area contributed by atoms with Gasteiger partial charge in [0.15, 0.2) is 5.82 Å². The Balaban J connectivity index is 1.51. The van der Waals surface area contributed by atoms with E-state index in [-0.39, 0.29) is 5.91 Å². The van der Waals surface area contributed by atoms with Gasteiger partial charge >= 0.3 is 0 Å². The lowest BCUT2D eigenvalue weighted by molar-refractivity contribution is -0.116. The van der Waals surface area contributed by atoms with Gasteiger partial charge in [0.1, 0.15) is 0 Å². The number of aryl methyl sites for hydroxylation is 3. The van der Waals surface area contributed by atoms with E-state index in [1.807, 2.05) is 31.5 Å². The van der Waals surface area contributed by atoms with E-state index in [9.17, 15) is 4.79 Å². The number of carbonyl (C=O) groups is 1. The molecular formula is C18H20N4O2. The maximum atomic E-state index is 11.9. The Morgan fingerprint density at radius 3 is 3.00 bits per heavy atom. The Kier molecular flexibility index (Phi) is 4.74. The molecule has 0 saturated carbocycles. The second-order valence-corrected chi connectivity index (χ2v) is 5.68. The highest BCUT2D eigenvalue weighted by Crippen LogP contribution is 2.21. The fourth-order valence-electron chi connectivity index (χ4n) is 2.62. The molecule has 0 bridgehead atoms. The second kappa shape index (κ2) is 7.12. The van der Waals surface area contributed by atoms with Gasteiger partial charge in [-0.1, -0.05) is 23.4 Å². The fourth-order valence-corrected chi connectivity index (χ4v) is 2.62. The molecule has 0 unspecified atom stereocenters. The van der Waals surface area contributed by atoms with Gasteiger partial charge in [-0.3, -0.25) is 4.79 Å². The fraction of sp³-hybridized carbons (Fsp3) is 0.278. The molecule has 0 aliphatic rings. The molecule has 3 rings (SSSR count). The van der Waals surface area contributed by atoms with Gasteiger partial charge in [-0.15, -0.1) is 0 Å². The molecule has 0 aliphatic heterocycles. The third-order valence-electron chi connectivity index (χ3n) is 3.78. The van der Waals surface area contributed by atoms with E-state index < -0.39 is 0 Å². The number of fused-ring (bicyclic) bond motifs is 1. The average molecular weight is 324 g/mol. The van der Waals surface area contributed by atoms with Crippen LogP contribution < -0.4 is 5.32 Å². The number of rotatable bonds is 6. The van der Waals surface area contributed by atoms with Crippen LogP contribution in [0.2, 0.25) is 0 Å². The maximum Gasteiger partial charge on any atom is 0.244 e. The molecule has 1 N–H and O–H groups in total. The van der Waals surface area contributed by atoms with Gasteiger partial charge in [-0.2, -0.15) is 4.98 Å². The third-order valence-corrected chi connectivity index (χ3v) is 3.78. The Morgan fingerprint density at radius 2 is 2.21 bits per heavy atom. The first-order valence-corrected chi connectivity index (χ1v) is 7.92. The highest BCUT2D eigenvalue weighted by Gasteiger charge is 2.04. The lowest BCUT2D eigenvalue weighted by atomic mass is 10.1. The molecule has 124 valence electrons. The minimum absolute atomic E-state index is 0.107. The number of hydrogen-bond acceptors (Lipinski definition) is 4. The molecule has 24 heavy (non-hydrogen) atoms. The van der Waals surface area contributed by atoms with Gasteiger partial charge in [-0.25, -0.2) is 0 Å². The summed E-state index contributed by atoms with van der Waals surface area (Å²) in [7, 11) is 2.00. The number of carbonyl (C=O) groups excluding carboxylic acids is 1. The molecule has 1 aromatic carbocycles. The van der Waals surface area contributed by atoms with Crippen molar-refractivity contribution in [3.8, 4) is 0 Å². The van der Waals surface area contributed by atoms with E-state index in [1.165, 1.54) is 0 Å². The minimum Gasteiger partial charge on any atom is -0.353 e. The highest BCUT2D eigenvalue weighted by molar-refractivity contribution is 5.96. The van der Waals surface area contributed by atoms with Crippen molar-refractivity contribution in [1.82, 2.24) is 20.0 Å². The lowest BCUT2D eigenvalue weighted by Crippen LogP contribution is -2.22. The summed E-state index contributed by atoms with van der Waals surface area (Å²) in [6.07, 6.45) is 6.85. The summed E-state index contributed by atoms with van der Waals surface area (Å²) in [5.74, 6) is 1.13. The van der Waals surface area contributed by atoms with Crippen LogP contribution in [0, 0.1) is 6.92 Å². The Hall–Kier alpha value is -2.89. The number of hydrogen-bond donors (Lipinski definition) is 1. The molecule has 1 amide bonds. The Labute approximate surface area is 140 Å². The van der Waals surface area contributed by atoms with Crippen molar-refractivity contribution >= 4 is 22.9 Å². The predicted octanol–water partition coefficient (Wildman–Crippen LogP) is 2.63. The van der Waals surface area contributed by atoms with E-state index in [0.29, 0.717) is 24.7 Å². The molecule has 0 saturated heterocycles. The number of benzene rings is 1. The number of aromatic nitrogens is 3. The van der Waals surface area contributed by atoms with Crippen molar-refractivity contribution in [2.45, 2.75) is 19.8 Å². The molecule has 0 radical (unpaired) electrons. The van der Waals surface area contributed by atoms with Crippen LogP contribution in [0.1, 0.15) is 23.7 Å². The van der Waals surface area contributed by atoms with Crippen molar-refractivity contribution in [3.63, 3.8) is 0 Å². The molecule has 2 heterocycles. The van der Waals surface area contributed by atoms with Crippen LogP contribution in [0.15, 0.2) is 41.1 Å². The van der Waals surface area contributed by atoms with Crippen LogP contribution in [-0.4, -0.2) is 27.2 Å². The molecule has 2 aromatic heterocycles. The predicted molar refractivity (Wildman–Crippen MR) is 92.3 cm³/mol. The molecule has 3 aromatic rings. The zero-order valence-electron chi connectivity index (χ0n) is 13.8. The van der Waals surface area contributed by atoms with Crippen LogP contribution in [0.25, 0.3) is 17.0 Å². The Morgan fingerprint density at radius 1 is 1.38 bits per heavy atom. The van der Waals surface area contributed by atoms with Crippen LogP contribution in [-0.2, 0) is 18.3 Å². The first-order chi connectivity index (χ1) is 11.6. The van der Waals surface area contributed by atoms with Gasteiger partial charge in [-0.05, 0) is 25.5 Å². The van der Waals surface area contributed by atoms with E-state index in [1.54, 1.807) is 13.0 Å². The summed E-state index contributed by atoms with van der Waals surface area (Å²) in [5, 5.41) is 7.73. The van der Waals surface area contributed by atoms with Gasteiger partial charge < -0.3 is 14.4 Å². The van der Waals surface area contributed by atoms with Crippen LogP contribution >= 0.6 is 0 Å². The molecular weight excluding hydrogens is 304 g/mol. The zero-order chi connectivity index (χ0) is 16.9. The summed E-state index contributed by atoms with van der Waals surface area (Å²) >= 11 is 0. The summed E-state index contributed by atoms with van der Waals surface area (Å²) < 4.78 is 7.08. The first-order valence-electron chi connectivity index (χ1n) is 7.92. The largest absolute Gasteiger partial charge is 0.353 e. The van der Waals surface area contributed by atoms with Gasteiger partial charge in [0.2, 0.25) is 11.8 Å². The van der Waals surface area contributed by atoms with Crippen LogP contribution in [0.4, 0.5) is 0 Å². The van der Waals surface area contributed by atoms with E-state index in [0.717, 1.165) is 22.9 Å². The highest BCUT2D eigenvalue weighted by atomic mass is 16.5. The molecule has 0 aliphatic carbocycles. The maximum absolute atomic E-state index is 11.9. The van der Waals surface area contributed by atoms with Crippen LogP contribution in [0.5, 0.6) is 0 Å². The van der Waals surface area contributed by atoms with Gasteiger partial charge in [0.05, 0.1) is 0 Å². The summed E-state index contributed by atoms with van der Waals surface area (Å²) in [6, 6.07) is 8.12. The number of para-hydroxylation sites is 1. The van der Waals surface area contributed by atoms with Crippen molar-refractivity contribution in [2.24, 2.45) is 7.05 Å². The summed E-state index contributed by atoms with van der Waals surface area (Å²) in [5.41, 5.74) is 2.18. The summed E-state index contributed by atoms with van der Waals surface area (Å²) in [6.45, 7) is 2.35. The smallest absolute Gasteiger partial charge is 0.244 e. The van der Waals surface area contributed by atoms with Gasteiger partial charge in [0, 0.05) is 48.8 Å². The topological polar surface area (TPSA) is 73.0 Å². The molecule has 0 atom stereocenters. The van der Waals surface area contributed by atoms with Crippen molar-refractivity contribution in [1.29, 1.82) is 0 Å². The minimum atomic E-state index is -0.107. The standard InChI is InChI=1S/C18H20N4O2/c1-13-20-18(24-21-13)8-5-11-19-17(23)10-9-14-12-22(2)16-7-4-3-6-15(14)16/h3-4,6-7,9-10,12H,5,8,11H2,1-2H3,(H,19,23). The summed E-state index contributed by atoms with van der Waals surface area (Å²) in [4.78, 5) is 16.0. The molecule has 6 heteroatoms. The quantitative estimate of drug-likeness (QED) is 0.559. The molecule has 0 spiro atoms. The zero-order valence-corrected chi connectivity index (χ0v) is 13.8. The monoisotopic (exact) mass is 324 g/mol.